The standard InChI is InChI=1S/C10H9ClFN3/c1-15-3-2-9(14-15)7-4-6(12)5-8(11)10(7)13/h2-5H,13H2,1H3. The van der Waals surface area contributed by atoms with E-state index in [0.29, 0.717) is 16.9 Å². The number of aryl methyl sites for hydroxylation is 1. The highest BCUT2D eigenvalue weighted by Gasteiger charge is 2.10. The topological polar surface area (TPSA) is 43.8 Å². The molecule has 1 heterocycles. The summed E-state index contributed by atoms with van der Waals surface area (Å²) < 4.78 is 14.7. The van der Waals surface area contributed by atoms with Gasteiger partial charge in [0.2, 0.25) is 0 Å². The number of hydrogen-bond donors (Lipinski definition) is 1. The van der Waals surface area contributed by atoms with E-state index in [1.54, 1.807) is 24.0 Å². The van der Waals surface area contributed by atoms with Gasteiger partial charge in [0.25, 0.3) is 0 Å². The van der Waals surface area contributed by atoms with E-state index in [1.807, 2.05) is 0 Å². The van der Waals surface area contributed by atoms with Gasteiger partial charge in [-0.25, -0.2) is 4.39 Å². The maximum Gasteiger partial charge on any atom is 0.125 e. The van der Waals surface area contributed by atoms with Crippen molar-refractivity contribution in [2.45, 2.75) is 0 Å². The van der Waals surface area contributed by atoms with Gasteiger partial charge >= 0.3 is 0 Å². The minimum absolute atomic E-state index is 0.204. The lowest BCUT2D eigenvalue weighted by Crippen LogP contribution is -1.94. The number of hydrogen-bond acceptors (Lipinski definition) is 2. The smallest absolute Gasteiger partial charge is 0.125 e. The van der Waals surface area contributed by atoms with Crippen molar-refractivity contribution in [2.75, 3.05) is 5.73 Å². The largest absolute Gasteiger partial charge is 0.397 e. The predicted octanol–water partition coefficient (Wildman–Crippen LogP) is 2.46. The second-order valence-electron chi connectivity index (χ2n) is 3.22. The highest BCUT2D eigenvalue weighted by molar-refractivity contribution is 6.33. The number of nitrogens with two attached hydrogens (primary N) is 1. The molecule has 2 N–H and O–H groups in total. The van der Waals surface area contributed by atoms with Gasteiger partial charge in [-0.1, -0.05) is 11.6 Å². The zero-order valence-corrected chi connectivity index (χ0v) is 8.79. The van der Waals surface area contributed by atoms with Crippen molar-refractivity contribution >= 4 is 17.3 Å². The van der Waals surface area contributed by atoms with Crippen LogP contribution < -0.4 is 5.73 Å². The minimum Gasteiger partial charge on any atom is -0.397 e. The summed E-state index contributed by atoms with van der Waals surface area (Å²) in [7, 11) is 1.78. The summed E-state index contributed by atoms with van der Waals surface area (Å²) in [5.74, 6) is -0.421. The number of nitrogen functional groups attached to an aromatic ring is 1. The summed E-state index contributed by atoms with van der Waals surface area (Å²) in [5.41, 5.74) is 7.21. The number of rotatable bonds is 1. The molecule has 78 valence electrons. The molecule has 5 heteroatoms. The van der Waals surface area contributed by atoms with Gasteiger partial charge in [-0.05, 0) is 18.2 Å². The Morgan fingerprint density at radius 1 is 1.47 bits per heavy atom. The van der Waals surface area contributed by atoms with Crippen LogP contribution in [0.1, 0.15) is 0 Å². The Labute approximate surface area is 91.3 Å². The summed E-state index contributed by atoms with van der Waals surface area (Å²) in [4.78, 5) is 0. The molecule has 15 heavy (non-hydrogen) atoms. The van der Waals surface area contributed by atoms with Crippen molar-refractivity contribution in [3.05, 3.63) is 35.2 Å². The summed E-state index contributed by atoms with van der Waals surface area (Å²) in [5, 5.41) is 4.34. The molecule has 2 rings (SSSR count). The SMILES string of the molecule is Cn1ccc(-c2cc(F)cc(Cl)c2N)n1. The van der Waals surface area contributed by atoms with E-state index in [2.05, 4.69) is 5.10 Å². The average molecular weight is 226 g/mol. The first-order chi connectivity index (χ1) is 7.08. The second kappa shape index (κ2) is 3.55. The Morgan fingerprint density at radius 3 is 2.80 bits per heavy atom. The predicted molar refractivity (Wildman–Crippen MR) is 58.0 cm³/mol. The monoisotopic (exact) mass is 225 g/mol. The molecule has 0 unspecified atom stereocenters. The highest BCUT2D eigenvalue weighted by atomic mass is 35.5. The van der Waals surface area contributed by atoms with Crippen LogP contribution in [0.3, 0.4) is 0 Å². The van der Waals surface area contributed by atoms with Gasteiger partial charge in [-0.15, -0.1) is 0 Å². The van der Waals surface area contributed by atoms with Crippen LogP contribution >= 0.6 is 11.6 Å². The van der Waals surface area contributed by atoms with E-state index in [0.717, 1.165) is 0 Å². The molecule has 0 atom stereocenters. The van der Waals surface area contributed by atoms with Gasteiger partial charge < -0.3 is 5.73 Å². The number of nitrogens with zero attached hydrogens (tertiary/aromatic N) is 2. The zero-order valence-electron chi connectivity index (χ0n) is 8.04. The van der Waals surface area contributed by atoms with Gasteiger partial charge in [0.1, 0.15) is 5.82 Å². The molecule has 1 aromatic carbocycles. The molecular formula is C10H9ClFN3. The molecule has 0 saturated heterocycles. The van der Waals surface area contributed by atoms with Crippen molar-refractivity contribution in [3.63, 3.8) is 0 Å². The van der Waals surface area contributed by atoms with Crippen molar-refractivity contribution in [2.24, 2.45) is 7.05 Å². The van der Waals surface area contributed by atoms with Crippen LogP contribution in [-0.2, 0) is 7.05 Å². The molecule has 0 radical (unpaired) electrons. The third-order valence-electron chi connectivity index (χ3n) is 2.08. The summed E-state index contributed by atoms with van der Waals surface area (Å²) in [6, 6.07) is 4.26. The fourth-order valence-electron chi connectivity index (χ4n) is 1.36. The van der Waals surface area contributed by atoms with Crippen molar-refractivity contribution in [1.29, 1.82) is 0 Å². The molecule has 2 aromatic rings. The third kappa shape index (κ3) is 1.80. The van der Waals surface area contributed by atoms with Crippen molar-refractivity contribution < 1.29 is 4.39 Å². The fourth-order valence-corrected chi connectivity index (χ4v) is 1.56. The van der Waals surface area contributed by atoms with Gasteiger partial charge in [0.05, 0.1) is 16.4 Å². The minimum atomic E-state index is -0.421. The van der Waals surface area contributed by atoms with Crippen LogP contribution in [0.2, 0.25) is 5.02 Å². The summed E-state index contributed by atoms with van der Waals surface area (Å²) >= 11 is 5.78. The molecule has 0 aliphatic heterocycles. The first-order valence-corrected chi connectivity index (χ1v) is 4.70. The highest BCUT2D eigenvalue weighted by Crippen LogP contribution is 2.31. The average Bonchev–Trinajstić information content (AvgIpc) is 2.58. The number of benzene rings is 1. The third-order valence-corrected chi connectivity index (χ3v) is 2.40. The van der Waals surface area contributed by atoms with Crippen LogP contribution in [0.5, 0.6) is 0 Å². The first-order valence-electron chi connectivity index (χ1n) is 4.32. The second-order valence-corrected chi connectivity index (χ2v) is 3.63. The Balaban J connectivity index is 2.62. The molecule has 0 spiro atoms. The number of halogens is 2. The first kappa shape index (κ1) is 9.98. The normalized spacial score (nSPS) is 10.6. The number of anilines is 1. The molecule has 0 aliphatic carbocycles. The van der Waals surface area contributed by atoms with E-state index >= 15 is 0 Å². The Kier molecular flexibility index (Phi) is 2.36. The van der Waals surface area contributed by atoms with Crippen LogP contribution in [0.25, 0.3) is 11.3 Å². The van der Waals surface area contributed by atoms with Crippen molar-refractivity contribution in [1.82, 2.24) is 9.78 Å². The van der Waals surface area contributed by atoms with Gasteiger partial charge in [-0.3, -0.25) is 4.68 Å². The molecule has 0 aliphatic rings. The molecule has 0 saturated carbocycles. The lowest BCUT2D eigenvalue weighted by atomic mass is 10.1. The molecular weight excluding hydrogens is 217 g/mol. The molecule has 3 nitrogen and oxygen atoms in total. The fraction of sp³-hybridized carbons (Fsp3) is 0.100. The van der Waals surface area contributed by atoms with Gasteiger partial charge in [0, 0.05) is 18.8 Å². The van der Waals surface area contributed by atoms with E-state index < -0.39 is 5.82 Å². The quantitative estimate of drug-likeness (QED) is 0.758. The van der Waals surface area contributed by atoms with Gasteiger partial charge in [0.15, 0.2) is 0 Å². The van der Waals surface area contributed by atoms with Gasteiger partial charge in [-0.2, -0.15) is 5.10 Å². The molecule has 0 amide bonds. The summed E-state index contributed by atoms with van der Waals surface area (Å²) in [6.45, 7) is 0. The zero-order chi connectivity index (χ0) is 11.0. The van der Waals surface area contributed by atoms with E-state index in [4.69, 9.17) is 17.3 Å². The maximum atomic E-state index is 13.1. The van der Waals surface area contributed by atoms with E-state index in [9.17, 15) is 4.39 Å². The molecule has 0 bridgehead atoms. The molecule has 0 fully saturated rings. The number of aromatic nitrogens is 2. The van der Waals surface area contributed by atoms with Crippen molar-refractivity contribution in [3.8, 4) is 11.3 Å². The Hall–Kier alpha value is -1.55. The summed E-state index contributed by atoms with van der Waals surface area (Å²) in [6.07, 6.45) is 1.76. The van der Waals surface area contributed by atoms with E-state index in [1.165, 1.54) is 12.1 Å². The lowest BCUT2D eigenvalue weighted by Gasteiger charge is -2.04. The van der Waals surface area contributed by atoms with E-state index in [-0.39, 0.29) is 5.02 Å². The van der Waals surface area contributed by atoms with Crippen LogP contribution in [-0.4, -0.2) is 9.78 Å². The maximum absolute atomic E-state index is 13.1. The molecule has 1 aromatic heterocycles. The Morgan fingerprint density at radius 2 is 2.20 bits per heavy atom. The van der Waals surface area contributed by atoms with Crippen LogP contribution in [0.15, 0.2) is 24.4 Å². The Bertz CT molecular complexity index is 507. The van der Waals surface area contributed by atoms with Crippen LogP contribution in [0.4, 0.5) is 10.1 Å². The van der Waals surface area contributed by atoms with Crippen LogP contribution in [0, 0.1) is 5.82 Å². The lowest BCUT2D eigenvalue weighted by molar-refractivity contribution is 0.628.